The van der Waals surface area contributed by atoms with E-state index in [0.717, 1.165) is 55.0 Å². The highest BCUT2D eigenvalue weighted by Crippen LogP contribution is 2.41. The van der Waals surface area contributed by atoms with Gasteiger partial charge in [-0.2, -0.15) is 0 Å². The first-order valence-corrected chi connectivity index (χ1v) is 16.7. The molecular weight excluding hydrogens is 631 g/mol. The zero-order chi connectivity index (χ0) is 35.2. The van der Waals surface area contributed by atoms with Gasteiger partial charge in [-0.15, -0.1) is 0 Å². The summed E-state index contributed by atoms with van der Waals surface area (Å²) in [5, 5.41) is 5.33. The Hall–Kier alpha value is -7.05. The third-order valence-electron chi connectivity index (χ3n) is 9.59. The molecule has 0 saturated carbocycles. The molecule has 6 nitrogen and oxygen atoms in total. The molecule has 238 valence electrons. The van der Waals surface area contributed by atoms with E-state index in [4.69, 9.17) is 29.6 Å². The summed E-state index contributed by atoms with van der Waals surface area (Å²) in [5.74, 6) is 1.19. The number of nitrogens with zero attached hydrogens (tertiary/aromatic N) is 3. The molecule has 0 atom stereocenters. The van der Waals surface area contributed by atoms with E-state index in [-0.39, 0.29) is 12.1 Å². The van der Waals surface area contributed by atoms with Gasteiger partial charge >= 0.3 is 0 Å². The Labute approximate surface area is 293 Å². The molecule has 11 aromatic rings. The summed E-state index contributed by atoms with van der Waals surface area (Å²) in [7, 11) is 0. The molecule has 0 bridgehead atoms. The molecule has 0 N–H and O–H groups in total. The number of benzene rings is 7. The van der Waals surface area contributed by atoms with Crippen LogP contribution in [0.3, 0.4) is 0 Å². The zero-order valence-electron chi connectivity index (χ0n) is 28.8. The van der Waals surface area contributed by atoms with E-state index < -0.39 is 0 Å². The van der Waals surface area contributed by atoms with E-state index in [0.29, 0.717) is 56.1 Å². The van der Waals surface area contributed by atoms with Crippen molar-refractivity contribution in [1.82, 2.24) is 15.0 Å². The first-order valence-electron chi connectivity index (χ1n) is 17.7. The minimum absolute atomic E-state index is 0.217. The van der Waals surface area contributed by atoms with E-state index in [1.54, 1.807) is 18.2 Å². The molecular formula is C45H25N3O3. The van der Waals surface area contributed by atoms with Crippen LogP contribution in [0.4, 0.5) is 0 Å². The van der Waals surface area contributed by atoms with Crippen LogP contribution in [-0.4, -0.2) is 15.0 Å². The molecule has 51 heavy (non-hydrogen) atoms. The van der Waals surface area contributed by atoms with Crippen LogP contribution < -0.4 is 0 Å². The van der Waals surface area contributed by atoms with Crippen molar-refractivity contribution in [1.29, 1.82) is 0 Å². The van der Waals surface area contributed by atoms with Crippen LogP contribution in [0.25, 0.3) is 111 Å². The lowest BCUT2D eigenvalue weighted by Gasteiger charge is -2.09. The molecule has 6 heteroatoms. The normalized spacial score (nSPS) is 12.5. The zero-order valence-corrected chi connectivity index (χ0v) is 26.8. The predicted molar refractivity (Wildman–Crippen MR) is 203 cm³/mol. The summed E-state index contributed by atoms with van der Waals surface area (Å²) in [5.41, 5.74) is 7.60. The van der Waals surface area contributed by atoms with Crippen LogP contribution in [0.5, 0.6) is 0 Å². The lowest BCUT2D eigenvalue weighted by atomic mass is 9.99. The Morgan fingerprint density at radius 1 is 0.373 bits per heavy atom. The molecule has 0 aliphatic rings. The summed E-state index contributed by atoms with van der Waals surface area (Å²) >= 11 is 0. The van der Waals surface area contributed by atoms with Crippen molar-refractivity contribution in [3.05, 3.63) is 152 Å². The largest absolute Gasteiger partial charge is 0.456 e. The van der Waals surface area contributed by atoms with Crippen molar-refractivity contribution in [3.63, 3.8) is 0 Å². The number of furan rings is 3. The molecule has 0 radical (unpaired) electrons. The van der Waals surface area contributed by atoms with Crippen molar-refractivity contribution < 1.29 is 16.0 Å². The van der Waals surface area contributed by atoms with Gasteiger partial charge < -0.3 is 13.3 Å². The van der Waals surface area contributed by atoms with Gasteiger partial charge in [-0.05, 0) is 41.9 Å². The first kappa shape index (κ1) is 25.9. The molecule has 0 unspecified atom stereocenters. The van der Waals surface area contributed by atoms with Gasteiger partial charge in [-0.3, -0.25) is 0 Å². The topological polar surface area (TPSA) is 78.1 Å². The van der Waals surface area contributed by atoms with Gasteiger partial charge in [-0.25, -0.2) is 15.0 Å². The fraction of sp³-hybridized carbons (Fsp3) is 0. The monoisotopic (exact) mass is 657 g/mol. The summed E-state index contributed by atoms with van der Waals surface area (Å²) in [4.78, 5) is 15.1. The third-order valence-corrected chi connectivity index (χ3v) is 9.59. The Bertz CT molecular complexity index is 3270. The minimum Gasteiger partial charge on any atom is -0.456 e. The van der Waals surface area contributed by atoms with Crippen molar-refractivity contribution in [2.45, 2.75) is 0 Å². The summed E-state index contributed by atoms with van der Waals surface area (Å²) in [6.45, 7) is 0. The highest BCUT2D eigenvalue weighted by atomic mass is 16.3. The summed E-state index contributed by atoms with van der Waals surface area (Å²) < 4.78 is 37.6. The predicted octanol–water partition coefficient (Wildman–Crippen LogP) is 12.2. The van der Waals surface area contributed by atoms with Crippen LogP contribution in [0.15, 0.2) is 165 Å². The standard InChI is InChI=1S/C45H25N3O3/c1-2-11-26(12-3-1)43-46-44(48-45(47-43)34-19-9-17-32-30-14-5-7-21-37(30)51-42(32)34)33-18-10-22-39-40(33)35-25-27(23-24-38(35)49-39)28-15-8-16-31-29-13-4-6-20-36(29)50-41(28)31/h1-25H/i18D,24D. The SMILES string of the molecule is [2H]c1ccc2oc3c([2H])cc(-c4cccc5c4oc4ccccc45)cc3c2c1-c1nc(-c2ccccc2)nc(-c2cccc3c2oc2ccccc23)n1. The molecule has 0 saturated heterocycles. The minimum atomic E-state index is 0.217. The maximum Gasteiger partial charge on any atom is 0.167 e. The number of hydrogen-bond acceptors (Lipinski definition) is 6. The van der Waals surface area contributed by atoms with Crippen LogP contribution in [-0.2, 0) is 0 Å². The Balaban J connectivity index is 1.19. The van der Waals surface area contributed by atoms with Gasteiger partial charge in [0, 0.05) is 49.0 Å². The maximum absolute atomic E-state index is 9.28. The van der Waals surface area contributed by atoms with E-state index in [9.17, 15) is 1.37 Å². The molecule has 0 aliphatic heterocycles. The second kappa shape index (κ2) is 10.7. The fourth-order valence-corrected chi connectivity index (χ4v) is 7.25. The maximum atomic E-state index is 9.28. The van der Waals surface area contributed by atoms with Crippen molar-refractivity contribution >= 4 is 65.8 Å². The van der Waals surface area contributed by atoms with Gasteiger partial charge in [0.1, 0.15) is 33.5 Å². The number of fused-ring (bicyclic) bond motifs is 9. The molecule has 0 fully saturated rings. The van der Waals surface area contributed by atoms with Crippen LogP contribution in [0.1, 0.15) is 2.74 Å². The number of rotatable bonds is 4. The Morgan fingerprint density at radius 3 is 1.71 bits per heavy atom. The van der Waals surface area contributed by atoms with Gasteiger partial charge in [-0.1, -0.05) is 115 Å². The molecule has 11 rings (SSSR count). The second-order valence-electron chi connectivity index (χ2n) is 12.6. The van der Waals surface area contributed by atoms with Crippen LogP contribution >= 0.6 is 0 Å². The highest BCUT2D eigenvalue weighted by Gasteiger charge is 2.21. The average Bonchev–Trinajstić information content (AvgIpc) is 3.90. The van der Waals surface area contributed by atoms with Crippen LogP contribution in [0.2, 0.25) is 0 Å². The van der Waals surface area contributed by atoms with E-state index in [2.05, 4.69) is 12.1 Å². The summed E-state index contributed by atoms with van der Waals surface area (Å²) in [6.07, 6.45) is 0. The third kappa shape index (κ3) is 4.26. The second-order valence-corrected chi connectivity index (χ2v) is 12.6. The first-order chi connectivity index (χ1) is 26.1. The van der Waals surface area contributed by atoms with Gasteiger partial charge in [0.15, 0.2) is 17.5 Å². The molecule has 7 aromatic carbocycles. The number of para-hydroxylation sites is 4. The smallest absolute Gasteiger partial charge is 0.167 e. The van der Waals surface area contributed by atoms with Crippen LogP contribution in [0, 0.1) is 0 Å². The quantitative estimate of drug-likeness (QED) is 0.187. The molecule has 0 aliphatic carbocycles. The fourth-order valence-electron chi connectivity index (χ4n) is 7.25. The highest BCUT2D eigenvalue weighted by molar-refractivity contribution is 6.15. The van der Waals surface area contributed by atoms with E-state index in [1.807, 2.05) is 109 Å². The van der Waals surface area contributed by atoms with Crippen molar-refractivity contribution in [2.24, 2.45) is 0 Å². The lowest BCUT2D eigenvalue weighted by Crippen LogP contribution is -2.00. The van der Waals surface area contributed by atoms with Gasteiger partial charge in [0.2, 0.25) is 0 Å². The molecule has 0 amide bonds. The van der Waals surface area contributed by atoms with E-state index >= 15 is 0 Å². The van der Waals surface area contributed by atoms with E-state index in [1.165, 1.54) is 0 Å². The molecule has 4 aromatic heterocycles. The van der Waals surface area contributed by atoms with Gasteiger partial charge in [0.05, 0.1) is 8.30 Å². The lowest BCUT2D eigenvalue weighted by molar-refractivity contribution is 0.668. The Kier molecular flexibility index (Phi) is 5.45. The number of hydrogen-bond donors (Lipinski definition) is 0. The molecule has 4 heterocycles. The average molecular weight is 658 g/mol. The summed E-state index contributed by atoms with van der Waals surface area (Å²) in [6, 6.07) is 45.4. The Morgan fingerprint density at radius 2 is 0.961 bits per heavy atom. The number of aromatic nitrogens is 3. The van der Waals surface area contributed by atoms with Crippen molar-refractivity contribution in [3.8, 4) is 45.3 Å². The van der Waals surface area contributed by atoms with Gasteiger partial charge in [0.25, 0.3) is 0 Å². The van der Waals surface area contributed by atoms with Crippen molar-refractivity contribution in [2.75, 3.05) is 0 Å². The molecule has 0 spiro atoms.